The van der Waals surface area contributed by atoms with Gasteiger partial charge in [0.2, 0.25) is 0 Å². The van der Waals surface area contributed by atoms with Crippen molar-refractivity contribution in [3.8, 4) is 5.75 Å². The van der Waals surface area contributed by atoms with Gasteiger partial charge in [0.05, 0.1) is 25.1 Å². The number of aromatic nitrogens is 4. The summed E-state index contributed by atoms with van der Waals surface area (Å²) in [5.74, 6) is 0.0354. The van der Waals surface area contributed by atoms with E-state index in [0.717, 1.165) is 11.1 Å². The fourth-order valence-corrected chi connectivity index (χ4v) is 3.84. The zero-order chi connectivity index (χ0) is 24.2. The van der Waals surface area contributed by atoms with E-state index in [0.29, 0.717) is 55.0 Å². The molecule has 0 aliphatic carbocycles. The number of carbonyl (C=O) groups excluding carboxylic acids is 2. The van der Waals surface area contributed by atoms with Crippen LogP contribution in [0.5, 0.6) is 5.75 Å². The molecule has 0 radical (unpaired) electrons. The lowest BCUT2D eigenvalue weighted by Gasteiger charge is -2.27. The number of ether oxygens (including phenoxy) is 2. The Hall–Kier alpha value is -3.37. The van der Waals surface area contributed by atoms with Crippen LogP contribution in [0.1, 0.15) is 39.0 Å². The molecule has 0 spiro atoms. The van der Waals surface area contributed by atoms with Crippen LogP contribution in [0.25, 0.3) is 0 Å². The van der Waals surface area contributed by atoms with E-state index in [1.165, 1.54) is 10.9 Å². The Morgan fingerprint density at radius 1 is 1.21 bits per heavy atom. The predicted molar refractivity (Wildman–Crippen MR) is 126 cm³/mol. The maximum Gasteiger partial charge on any atom is 0.276 e. The molecule has 10 nitrogen and oxygen atoms in total. The molecule has 4 rings (SSSR count). The number of anilines is 1. The fraction of sp³-hybridized carbons (Fsp3) is 0.391. The molecule has 1 aliphatic rings. The van der Waals surface area contributed by atoms with Gasteiger partial charge in [0.15, 0.2) is 12.4 Å². The van der Waals surface area contributed by atoms with E-state index >= 15 is 0 Å². The van der Waals surface area contributed by atoms with Gasteiger partial charge in [0, 0.05) is 30.9 Å². The molecule has 0 atom stereocenters. The lowest BCUT2D eigenvalue weighted by Crippen LogP contribution is -2.41. The van der Waals surface area contributed by atoms with Crippen LogP contribution < -0.4 is 10.1 Å². The van der Waals surface area contributed by atoms with Crippen molar-refractivity contribution in [2.24, 2.45) is 0 Å². The zero-order valence-electron chi connectivity index (χ0n) is 19.4. The maximum absolute atomic E-state index is 13.1. The highest BCUT2D eigenvalue weighted by molar-refractivity contribution is 6.32. The van der Waals surface area contributed by atoms with Crippen molar-refractivity contribution in [1.29, 1.82) is 0 Å². The second-order valence-electron chi connectivity index (χ2n) is 7.97. The van der Waals surface area contributed by atoms with E-state index in [1.54, 1.807) is 21.8 Å². The lowest BCUT2D eigenvalue weighted by molar-refractivity contribution is 0.0295. The molecule has 3 aromatic rings. The normalized spacial score (nSPS) is 13.7. The number of halogens is 1. The van der Waals surface area contributed by atoms with Gasteiger partial charge in [-0.05, 0) is 50.1 Å². The standard InChI is InChI=1S/C23H27ClN6O4/c1-4-30-21(23(32)28-7-9-33-10-8-28)19(13-25-30)26-22(31)18-5-6-29(27-18)14-34-17-11-15(2)20(24)16(3)12-17/h5-6,11-13H,4,7-10,14H2,1-3H3,(H,26,31). The summed E-state index contributed by atoms with van der Waals surface area (Å²) < 4.78 is 14.2. The van der Waals surface area contributed by atoms with Crippen LogP contribution in [-0.2, 0) is 18.0 Å². The minimum atomic E-state index is -0.441. The summed E-state index contributed by atoms with van der Waals surface area (Å²) in [5.41, 5.74) is 2.73. The van der Waals surface area contributed by atoms with Gasteiger partial charge in [-0.25, -0.2) is 4.68 Å². The second-order valence-corrected chi connectivity index (χ2v) is 8.34. The Kier molecular flexibility index (Phi) is 7.18. The van der Waals surface area contributed by atoms with E-state index in [2.05, 4.69) is 15.5 Å². The van der Waals surface area contributed by atoms with E-state index in [9.17, 15) is 9.59 Å². The number of nitrogens with one attached hydrogen (secondary N) is 1. The largest absolute Gasteiger partial charge is 0.471 e. The Morgan fingerprint density at radius 3 is 2.59 bits per heavy atom. The van der Waals surface area contributed by atoms with Crippen molar-refractivity contribution in [2.75, 3.05) is 31.6 Å². The average molecular weight is 487 g/mol. The van der Waals surface area contributed by atoms with Gasteiger partial charge >= 0.3 is 0 Å². The molecular formula is C23H27ClN6O4. The SMILES string of the molecule is CCn1ncc(NC(=O)c2ccn(COc3cc(C)c(Cl)c(C)c3)n2)c1C(=O)N1CCOCC1. The number of hydrogen-bond donors (Lipinski definition) is 1. The van der Waals surface area contributed by atoms with Gasteiger partial charge in [-0.1, -0.05) is 11.6 Å². The molecule has 1 aliphatic heterocycles. The number of benzene rings is 1. The summed E-state index contributed by atoms with van der Waals surface area (Å²) in [5, 5.41) is 12.0. The van der Waals surface area contributed by atoms with E-state index in [1.807, 2.05) is 32.9 Å². The highest BCUT2D eigenvalue weighted by atomic mass is 35.5. The van der Waals surface area contributed by atoms with E-state index in [-0.39, 0.29) is 18.3 Å². The summed E-state index contributed by atoms with van der Waals surface area (Å²) in [4.78, 5) is 27.6. The number of amides is 2. The van der Waals surface area contributed by atoms with Crippen molar-refractivity contribution >= 4 is 29.1 Å². The van der Waals surface area contributed by atoms with Crippen LogP contribution in [-0.4, -0.2) is 62.6 Å². The Bertz CT molecular complexity index is 1180. The maximum atomic E-state index is 13.1. The van der Waals surface area contributed by atoms with Gasteiger partial charge < -0.3 is 19.7 Å². The number of hydrogen-bond acceptors (Lipinski definition) is 6. The molecule has 1 aromatic carbocycles. The second kappa shape index (κ2) is 10.3. The number of rotatable bonds is 7. The molecule has 0 bridgehead atoms. The molecule has 180 valence electrons. The van der Waals surface area contributed by atoms with Gasteiger partial charge in [0.25, 0.3) is 11.8 Å². The van der Waals surface area contributed by atoms with Crippen molar-refractivity contribution < 1.29 is 19.1 Å². The number of aryl methyl sites for hydroxylation is 3. The van der Waals surface area contributed by atoms with Crippen LogP contribution in [0.15, 0.2) is 30.6 Å². The summed E-state index contributed by atoms with van der Waals surface area (Å²) in [6, 6.07) is 5.29. The summed E-state index contributed by atoms with van der Waals surface area (Å²) in [7, 11) is 0. The molecule has 2 aromatic heterocycles. The molecule has 0 unspecified atom stereocenters. The van der Waals surface area contributed by atoms with Crippen molar-refractivity contribution in [3.05, 3.63) is 58.1 Å². The Labute approximate surface area is 202 Å². The van der Waals surface area contributed by atoms with Crippen molar-refractivity contribution in [2.45, 2.75) is 34.0 Å². The third kappa shape index (κ3) is 5.07. The van der Waals surface area contributed by atoms with Crippen LogP contribution in [0.4, 0.5) is 5.69 Å². The molecule has 1 N–H and O–H groups in total. The predicted octanol–water partition coefficient (Wildman–Crippen LogP) is 3.13. The molecule has 3 heterocycles. The van der Waals surface area contributed by atoms with Gasteiger partial charge in [-0.2, -0.15) is 10.2 Å². The van der Waals surface area contributed by atoms with Crippen molar-refractivity contribution in [3.63, 3.8) is 0 Å². The van der Waals surface area contributed by atoms with Crippen molar-refractivity contribution in [1.82, 2.24) is 24.5 Å². The zero-order valence-corrected chi connectivity index (χ0v) is 20.1. The summed E-state index contributed by atoms with van der Waals surface area (Å²) in [6.07, 6.45) is 3.14. The van der Waals surface area contributed by atoms with Crippen LogP contribution in [0.2, 0.25) is 5.02 Å². The first kappa shape index (κ1) is 23.8. The van der Waals surface area contributed by atoms with Gasteiger partial charge in [0.1, 0.15) is 11.4 Å². The summed E-state index contributed by atoms with van der Waals surface area (Å²) in [6.45, 7) is 8.31. The van der Waals surface area contributed by atoms with Crippen LogP contribution >= 0.6 is 11.6 Å². The van der Waals surface area contributed by atoms with Gasteiger partial charge in [-0.3, -0.25) is 14.3 Å². The Balaban J connectivity index is 1.44. The first-order valence-electron chi connectivity index (χ1n) is 11.0. The number of nitrogens with zero attached hydrogens (tertiary/aromatic N) is 5. The molecule has 11 heteroatoms. The first-order valence-corrected chi connectivity index (χ1v) is 11.4. The molecular weight excluding hydrogens is 460 g/mol. The average Bonchev–Trinajstić information content (AvgIpc) is 3.48. The Morgan fingerprint density at radius 2 is 1.91 bits per heavy atom. The van der Waals surface area contributed by atoms with Gasteiger partial charge in [-0.15, -0.1) is 0 Å². The number of morpholine rings is 1. The highest BCUT2D eigenvalue weighted by Gasteiger charge is 2.26. The topological polar surface area (TPSA) is 104 Å². The molecule has 34 heavy (non-hydrogen) atoms. The third-order valence-electron chi connectivity index (χ3n) is 5.53. The first-order chi connectivity index (χ1) is 16.4. The van der Waals surface area contributed by atoms with Crippen LogP contribution in [0, 0.1) is 13.8 Å². The minimum absolute atomic E-state index is 0.127. The quantitative estimate of drug-likeness (QED) is 0.550. The molecule has 1 saturated heterocycles. The van der Waals surface area contributed by atoms with E-state index < -0.39 is 5.91 Å². The van der Waals surface area contributed by atoms with E-state index in [4.69, 9.17) is 21.1 Å². The monoisotopic (exact) mass is 486 g/mol. The fourth-order valence-electron chi connectivity index (χ4n) is 3.73. The molecule has 0 saturated carbocycles. The molecule has 2 amide bonds. The molecule has 1 fully saturated rings. The summed E-state index contributed by atoms with van der Waals surface area (Å²) >= 11 is 6.20. The number of carbonyl (C=O) groups is 2. The third-order valence-corrected chi connectivity index (χ3v) is 6.13. The minimum Gasteiger partial charge on any atom is -0.471 e. The smallest absolute Gasteiger partial charge is 0.276 e. The highest BCUT2D eigenvalue weighted by Crippen LogP contribution is 2.26. The van der Waals surface area contributed by atoms with Crippen LogP contribution in [0.3, 0.4) is 0 Å². The lowest BCUT2D eigenvalue weighted by atomic mass is 10.1.